The molecule has 2 heterocycles. The quantitative estimate of drug-likeness (QED) is 0.569. The summed E-state index contributed by atoms with van der Waals surface area (Å²) in [6.45, 7) is 1.75. The predicted octanol–water partition coefficient (Wildman–Crippen LogP) is 3.80. The zero-order valence-electron chi connectivity index (χ0n) is 17.1. The lowest BCUT2D eigenvalue weighted by Crippen LogP contribution is -2.45. The van der Waals surface area contributed by atoms with Crippen LogP contribution in [0.25, 0.3) is 6.08 Å². The van der Waals surface area contributed by atoms with Crippen LogP contribution in [0.5, 0.6) is 0 Å². The van der Waals surface area contributed by atoms with Gasteiger partial charge in [-0.25, -0.2) is 4.39 Å². The number of aryl methyl sites for hydroxylation is 1. The van der Waals surface area contributed by atoms with E-state index in [1.165, 1.54) is 12.1 Å². The van der Waals surface area contributed by atoms with E-state index in [-0.39, 0.29) is 17.9 Å². The molecule has 3 aromatic rings. The Morgan fingerprint density at radius 2 is 2.03 bits per heavy atom. The molecule has 1 atom stereocenters. The van der Waals surface area contributed by atoms with Gasteiger partial charge in [-0.2, -0.15) is 0 Å². The minimum absolute atomic E-state index is 0.0914. The fourth-order valence-corrected chi connectivity index (χ4v) is 3.70. The number of aromatic amines is 1. The lowest BCUT2D eigenvalue weighted by Gasteiger charge is -2.20. The normalized spacial score (nSPS) is 13.4. The second-order valence-electron chi connectivity index (χ2n) is 7.59. The van der Waals surface area contributed by atoms with E-state index < -0.39 is 17.8 Å². The van der Waals surface area contributed by atoms with Crippen molar-refractivity contribution in [3.8, 4) is 0 Å². The summed E-state index contributed by atoms with van der Waals surface area (Å²) >= 11 is 0. The first-order chi connectivity index (χ1) is 15.0. The number of carbonyl (C=O) groups excluding carboxylic acids is 2. The molecule has 0 spiro atoms. The molecule has 6 nitrogen and oxygen atoms in total. The number of nitrogens with one attached hydrogen (secondary N) is 3. The molecule has 4 rings (SSSR count). The van der Waals surface area contributed by atoms with E-state index >= 15 is 0 Å². The van der Waals surface area contributed by atoms with Gasteiger partial charge in [-0.15, -0.1) is 0 Å². The summed E-state index contributed by atoms with van der Waals surface area (Å²) < 4.78 is 14.3. The highest BCUT2D eigenvalue weighted by atomic mass is 19.1. The van der Waals surface area contributed by atoms with Crippen LogP contribution in [0.4, 0.5) is 10.1 Å². The van der Waals surface area contributed by atoms with Gasteiger partial charge in [-0.3, -0.25) is 14.6 Å². The molecule has 1 aliphatic carbocycles. The molecule has 158 valence electrons. The van der Waals surface area contributed by atoms with Gasteiger partial charge in [-0.05, 0) is 66.8 Å². The number of benzene rings is 1. The van der Waals surface area contributed by atoms with Gasteiger partial charge in [0.2, 0.25) is 5.91 Å². The fourth-order valence-electron chi connectivity index (χ4n) is 3.70. The van der Waals surface area contributed by atoms with E-state index in [2.05, 4.69) is 26.7 Å². The van der Waals surface area contributed by atoms with Crippen molar-refractivity contribution in [3.63, 3.8) is 0 Å². The third kappa shape index (κ3) is 4.71. The molecule has 2 aromatic heterocycles. The Bertz CT molecular complexity index is 1140. The van der Waals surface area contributed by atoms with Gasteiger partial charge in [0, 0.05) is 36.4 Å². The molecule has 0 aliphatic heterocycles. The first kappa shape index (κ1) is 20.5. The Morgan fingerprint density at radius 3 is 2.81 bits per heavy atom. The Morgan fingerprint density at radius 1 is 1.23 bits per heavy atom. The molecule has 0 saturated carbocycles. The van der Waals surface area contributed by atoms with Crippen molar-refractivity contribution in [3.05, 3.63) is 88.8 Å². The molecular weight excluding hydrogens is 395 g/mol. The summed E-state index contributed by atoms with van der Waals surface area (Å²) in [5.74, 6) is -1.62. The molecule has 7 heteroatoms. The summed E-state index contributed by atoms with van der Waals surface area (Å²) in [5, 5.41) is 5.52. The molecule has 1 aromatic carbocycles. The smallest absolute Gasteiger partial charge is 0.254 e. The Kier molecular flexibility index (Phi) is 5.93. The molecule has 0 saturated heterocycles. The maximum Gasteiger partial charge on any atom is 0.254 e. The van der Waals surface area contributed by atoms with Gasteiger partial charge in [0.15, 0.2) is 0 Å². The van der Waals surface area contributed by atoms with Crippen LogP contribution in [0.1, 0.15) is 39.2 Å². The van der Waals surface area contributed by atoms with E-state index in [0.29, 0.717) is 11.3 Å². The van der Waals surface area contributed by atoms with E-state index in [4.69, 9.17) is 0 Å². The average Bonchev–Trinajstić information content (AvgIpc) is 3.17. The standard InChI is InChI=1S/C24H23FN4O2/c1-15-6-7-19(20(25)12-15)23(30)29-22(24(31)28-17-8-10-26-11-9-17)13-16-14-27-21-5-3-2-4-18(16)21/h3,5-12,14,22,27H,2,4,13H2,1H3,(H,29,30)(H,26,28,31). The highest BCUT2D eigenvalue weighted by Gasteiger charge is 2.25. The van der Waals surface area contributed by atoms with Crippen molar-refractivity contribution < 1.29 is 14.0 Å². The molecule has 31 heavy (non-hydrogen) atoms. The van der Waals surface area contributed by atoms with Gasteiger partial charge in [0.05, 0.1) is 5.56 Å². The third-order valence-electron chi connectivity index (χ3n) is 5.32. The number of fused-ring (bicyclic) bond motifs is 1. The number of rotatable bonds is 6. The first-order valence-corrected chi connectivity index (χ1v) is 10.1. The topological polar surface area (TPSA) is 86.9 Å². The Balaban J connectivity index is 1.58. The Labute approximate surface area is 179 Å². The summed E-state index contributed by atoms with van der Waals surface area (Å²) in [5.41, 5.74) is 4.31. The number of halogens is 1. The van der Waals surface area contributed by atoms with Crippen molar-refractivity contribution in [1.82, 2.24) is 15.3 Å². The van der Waals surface area contributed by atoms with Crippen LogP contribution < -0.4 is 10.6 Å². The average molecular weight is 418 g/mol. The summed E-state index contributed by atoms with van der Waals surface area (Å²) in [6.07, 6.45) is 11.2. The van der Waals surface area contributed by atoms with Gasteiger partial charge < -0.3 is 15.6 Å². The highest BCUT2D eigenvalue weighted by molar-refractivity contribution is 6.01. The molecule has 1 unspecified atom stereocenters. The molecular formula is C24H23FN4O2. The summed E-state index contributed by atoms with van der Waals surface area (Å²) in [4.78, 5) is 33.0. The number of aromatic nitrogens is 2. The van der Waals surface area contributed by atoms with Gasteiger partial charge >= 0.3 is 0 Å². The number of pyridine rings is 1. The van der Waals surface area contributed by atoms with Gasteiger partial charge in [0.1, 0.15) is 11.9 Å². The van der Waals surface area contributed by atoms with Crippen LogP contribution in [0.3, 0.4) is 0 Å². The van der Waals surface area contributed by atoms with Crippen molar-refractivity contribution in [2.45, 2.75) is 32.2 Å². The number of nitrogens with zero attached hydrogens (tertiary/aromatic N) is 1. The zero-order valence-corrected chi connectivity index (χ0v) is 17.1. The Hall–Kier alpha value is -3.74. The van der Waals surface area contributed by atoms with Crippen LogP contribution in [0, 0.1) is 12.7 Å². The van der Waals surface area contributed by atoms with Crippen molar-refractivity contribution in [1.29, 1.82) is 0 Å². The van der Waals surface area contributed by atoms with Crippen LogP contribution in [0.2, 0.25) is 0 Å². The summed E-state index contributed by atoms with van der Waals surface area (Å²) in [7, 11) is 0. The lowest BCUT2D eigenvalue weighted by atomic mass is 9.96. The molecule has 2 amide bonds. The van der Waals surface area contributed by atoms with E-state index in [0.717, 1.165) is 29.7 Å². The second kappa shape index (κ2) is 8.95. The number of carbonyl (C=O) groups is 2. The monoisotopic (exact) mass is 418 g/mol. The minimum Gasteiger partial charge on any atom is -0.361 e. The minimum atomic E-state index is -0.882. The molecule has 1 aliphatic rings. The number of hydrogen-bond acceptors (Lipinski definition) is 3. The van der Waals surface area contributed by atoms with Crippen molar-refractivity contribution in [2.75, 3.05) is 5.32 Å². The number of amides is 2. The number of anilines is 1. The molecule has 0 radical (unpaired) electrons. The largest absolute Gasteiger partial charge is 0.361 e. The predicted molar refractivity (Wildman–Crippen MR) is 117 cm³/mol. The van der Waals surface area contributed by atoms with E-state index in [1.54, 1.807) is 37.5 Å². The first-order valence-electron chi connectivity index (χ1n) is 10.1. The lowest BCUT2D eigenvalue weighted by molar-refractivity contribution is -0.118. The molecule has 3 N–H and O–H groups in total. The van der Waals surface area contributed by atoms with Gasteiger partial charge in [0.25, 0.3) is 5.91 Å². The zero-order chi connectivity index (χ0) is 21.8. The van der Waals surface area contributed by atoms with Crippen LogP contribution in [-0.2, 0) is 17.6 Å². The number of allylic oxidation sites excluding steroid dienone is 1. The summed E-state index contributed by atoms with van der Waals surface area (Å²) in [6, 6.07) is 6.85. The number of hydrogen-bond donors (Lipinski definition) is 3. The van der Waals surface area contributed by atoms with Crippen LogP contribution in [0.15, 0.2) is 55.0 Å². The van der Waals surface area contributed by atoms with Crippen molar-refractivity contribution >= 4 is 23.6 Å². The SMILES string of the molecule is Cc1ccc(C(=O)NC(Cc2c[nH]c3c2CCC=C3)C(=O)Nc2ccncc2)c(F)c1. The second-order valence-corrected chi connectivity index (χ2v) is 7.59. The van der Waals surface area contributed by atoms with Gasteiger partial charge in [-0.1, -0.05) is 12.1 Å². The van der Waals surface area contributed by atoms with Crippen molar-refractivity contribution in [2.24, 2.45) is 0 Å². The molecule has 0 fully saturated rings. The molecule has 0 bridgehead atoms. The van der Waals surface area contributed by atoms with E-state index in [1.807, 2.05) is 12.3 Å². The third-order valence-corrected chi connectivity index (χ3v) is 5.32. The maximum atomic E-state index is 14.3. The number of H-pyrrole nitrogens is 1. The fraction of sp³-hybridized carbons (Fsp3) is 0.208. The highest BCUT2D eigenvalue weighted by Crippen LogP contribution is 2.24. The van der Waals surface area contributed by atoms with E-state index in [9.17, 15) is 14.0 Å². The van der Waals surface area contributed by atoms with Crippen LogP contribution >= 0.6 is 0 Å². The maximum absolute atomic E-state index is 14.3. The van der Waals surface area contributed by atoms with Crippen LogP contribution in [-0.4, -0.2) is 27.8 Å².